The Labute approximate surface area is 164 Å². The van der Waals surface area contributed by atoms with Gasteiger partial charge in [0.05, 0.1) is 20.3 Å². The third-order valence-electron chi connectivity index (χ3n) is 3.62. The number of carbonyl (C=O) groups excluding carboxylic acids is 2. The van der Waals surface area contributed by atoms with Gasteiger partial charge in [0.25, 0.3) is 5.91 Å². The van der Waals surface area contributed by atoms with Gasteiger partial charge in [-0.05, 0) is 19.4 Å². The van der Waals surface area contributed by atoms with Crippen LogP contribution in [0.2, 0.25) is 0 Å². The van der Waals surface area contributed by atoms with Crippen LogP contribution < -0.4 is 10.6 Å². The van der Waals surface area contributed by atoms with E-state index in [1.54, 1.807) is 13.8 Å². The van der Waals surface area contributed by atoms with E-state index in [9.17, 15) is 26.8 Å². The maximum atomic E-state index is 13.6. The summed E-state index contributed by atoms with van der Waals surface area (Å²) < 4.78 is 51.3. The molecule has 26 heavy (non-hydrogen) atoms. The van der Waals surface area contributed by atoms with Crippen molar-refractivity contribution in [1.29, 1.82) is 0 Å². The van der Waals surface area contributed by atoms with Crippen LogP contribution in [0.15, 0.2) is 17.2 Å². The number of aromatic nitrogens is 1. The van der Waals surface area contributed by atoms with Gasteiger partial charge in [-0.1, -0.05) is 36.4 Å². The summed E-state index contributed by atoms with van der Waals surface area (Å²) in [6.07, 6.45) is 1.45. The summed E-state index contributed by atoms with van der Waals surface area (Å²) >= 11 is 1.36. The van der Waals surface area contributed by atoms with Gasteiger partial charge in [0, 0.05) is 12.6 Å². The molecule has 0 saturated heterocycles. The summed E-state index contributed by atoms with van der Waals surface area (Å²) in [5.41, 5.74) is -0.300. The summed E-state index contributed by atoms with van der Waals surface area (Å²) in [6, 6.07) is 1.03. The lowest BCUT2D eigenvalue weighted by Crippen LogP contribution is -2.36. The summed E-state index contributed by atoms with van der Waals surface area (Å²) in [5.74, 6) is -5.93. The quantitative estimate of drug-likeness (QED) is 0.419. The normalized spacial score (nSPS) is 13.2. The number of alkyl halides is 3. The lowest BCUT2D eigenvalue weighted by atomic mass is 10.3. The average Bonchev–Trinajstić information content (AvgIpc) is 2.61. The van der Waals surface area contributed by atoms with E-state index in [1.807, 2.05) is 5.32 Å². The summed E-state index contributed by atoms with van der Waals surface area (Å²) in [6.45, 7) is 4.76. The lowest BCUT2D eigenvalue weighted by Gasteiger charge is -2.17. The number of pyridine rings is 1. The smallest absolute Gasteiger partial charge is 0.318 e. The zero-order chi connectivity index (χ0) is 20.1. The standard InChI is InChI=1S/C15H20F2IN3O4S/c1-4-9(3)26(24,25)10-6-11(20-14(23)15(16,17)8-18)13(19-7-10)21-12(22)5-2/h6-7,9H,4-5,8H2,1-3H3,(H,20,23)(H,19,21,22). The molecule has 0 bridgehead atoms. The Morgan fingerprint density at radius 2 is 1.92 bits per heavy atom. The van der Waals surface area contributed by atoms with Crippen molar-refractivity contribution in [2.24, 2.45) is 0 Å². The summed E-state index contributed by atoms with van der Waals surface area (Å²) in [5, 5.41) is 3.59. The fraction of sp³-hybridized carbons (Fsp3) is 0.533. The van der Waals surface area contributed by atoms with Crippen molar-refractivity contribution < 1.29 is 26.8 Å². The van der Waals surface area contributed by atoms with Gasteiger partial charge < -0.3 is 10.6 Å². The molecule has 0 fully saturated rings. The van der Waals surface area contributed by atoms with Crippen molar-refractivity contribution in [1.82, 2.24) is 4.98 Å². The fourth-order valence-electron chi connectivity index (χ4n) is 1.74. The minimum Gasteiger partial charge on any atom is -0.318 e. The molecule has 1 unspecified atom stereocenters. The van der Waals surface area contributed by atoms with E-state index in [1.165, 1.54) is 29.5 Å². The molecule has 7 nitrogen and oxygen atoms in total. The van der Waals surface area contributed by atoms with Gasteiger partial charge in [-0.2, -0.15) is 8.78 Å². The molecule has 1 aromatic rings. The maximum absolute atomic E-state index is 13.6. The van der Waals surface area contributed by atoms with E-state index in [4.69, 9.17) is 0 Å². The van der Waals surface area contributed by atoms with Gasteiger partial charge in [0.1, 0.15) is 0 Å². The van der Waals surface area contributed by atoms with Gasteiger partial charge in [-0.25, -0.2) is 13.4 Å². The van der Waals surface area contributed by atoms with Crippen molar-refractivity contribution >= 4 is 55.7 Å². The zero-order valence-corrected chi connectivity index (χ0v) is 17.4. The molecule has 1 aromatic heterocycles. The molecule has 1 heterocycles. The number of nitrogens with zero attached hydrogens (tertiary/aromatic N) is 1. The predicted octanol–water partition coefficient (Wildman–Crippen LogP) is 3.01. The molecule has 0 aliphatic rings. The number of carbonyl (C=O) groups is 2. The second-order valence-corrected chi connectivity index (χ2v) is 8.65. The largest absolute Gasteiger partial charge is 0.333 e. The number of amides is 2. The number of anilines is 2. The molecule has 1 rings (SSSR count). The third-order valence-corrected chi connectivity index (χ3v) is 6.85. The van der Waals surface area contributed by atoms with E-state index < -0.39 is 37.3 Å². The van der Waals surface area contributed by atoms with E-state index in [-0.39, 0.29) is 22.8 Å². The first-order valence-corrected chi connectivity index (χ1v) is 10.9. The van der Waals surface area contributed by atoms with Crippen LogP contribution in [0.25, 0.3) is 0 Å². The summed E-state index contributed by atoms with van der Waals surface area (Å²) in [7, 11) is -3.75. The molecule has 2 amide bonds. The number of nitrogens with one attached hydrogen (secondary N) is 2. The van der Waals surface area contributed by atoms with Crippen molar-refractivity contribution in [3.8, 4) is 0 Å². The van der Waals surface area contributed by atoms with Gasteiger partial charge in [-0.15, -0.1) is 0 Å². The van der Waals surface area contributed by atoms with Crippen LogP contribution in [0, 0.1) is 0 Å². The Morgan fingerprint density at radius 1 is 1.31 bits per heavy atom. The van der Waals surface area contributed by atoms with Gasteiger partial charge in [-0.3, -0.25) is 9.59 Å². The SMILES string of the molecule is CCC(=O)Nc1ncc(S(=O)(=O)C(C)CC)cc1NC(=O)C(F)(F)CI. The number of halogens is 3. The van der Waals surface area contributed by atoms with Crippen molar-refractivity contribution in [2.75, 3.05) is 15.1 Å². The molecule has 0 spiro atoms. The van der Waals surface area contributed by atoms with Gasteiger partial charge in [0.15, 0.2) is 15.7 Å². The first-order valence-electron chi connectivity index (χ1n) is 7.78. The molecular formula is C15H20F2IN3O4S. The van der Waals surface area contributed by atoms with Crippen LogP contribution in [-0.4, -0.2) is 40.8 Å². The minimum atomic E-state index is -3.75. The van der Waals surface area contributed by atoms with Gasteiger partial charge in [0.2, 0.25) is 5.91 Å². The van der Waals surface area contributed by atoms with E-state index >= 15 is 0 Å². The first-order chi connectivity index (χ1) is 12.0. The molecular weight excluding hydrogens is 483 g/mol. The highest BCUT2D eigenvalue weighted by molar-refractivity contribution is 14.1. The first kappa shape index (κ1) is 22.7. The average molecular weight is 503 g/mol. The second kappa shape index (κ2) is 9.02. The van der Waals surface area contributed by atoms with Crippen molar-refractivity contribution in [3.05, 3.63) is 12.3 Å². The molecule has 0 radical (unpaired) electrons. The van der Waals surface area contributed by atoms with Crippen LogP contribution in [-0.2, 0) is 19.4 Å². The van der Waals surface area contributed by atoms with Crippen molar-refractivity contribution in [2.45, 2.75) is 49.7 Å². The highest BCUT2D eigenvalue weighted by Crippen LogP contribution is 2.28. The molecule has 0 aliphatic carbocycles. The lowest BCUT2D eigenvalue weighted by molar-refractivity contribution is -0.136. The molecule has 1 atom stereocenters. The number of hydrogen-bond acceptors (Lipinski definition) is 5. The maximum Gasteiger partial charge on any atom is 0.333 e. The molecule has 0 saturated carbocycles. The predicted molar refractivity (Wildman–Crippen MR) is 103 cm³/mol. The molecule has 0 aliphatic heterocycles. The fourth-order valence-corrected chi connectivity index (χ4v) is 3.47. The van der Waals surface area contributed by atoms with Crippen molar-refractivity contribution in [3.63, 3.8) is 0 Å². The topological polar surface area (TPSA) is 105 Å². The Kier molecular flexibility index (Phi) is 7.86. The van der Waals surface area contributed by atoms with E-state index in [0.717, 1.165) is 12.3 Å². The number of hydrogen-bond donors (Lipinski definition) is 2. The molecule has 0 aromatic carbocycles. The monoisotopic (exact) mass is 503 g/mol. The van der Waals surface area contributed by atoms with Crippen LogP contribution in [0.5, 0.6) is 0 Å². The highest BCUT2D eigenvalue weighted by Gasteiger charge is 2.38. The van der Waals surface area contributed by atoms with Crippen LogP contribution in [0.3, 0.4) is 0 Å². The molecule has 146 valence electrons. The van der Waals surface area contributed by atoms with Crippen LogP contribution in [0.4, 0.5) is 20.3 Å². The number of rotatable bonds is 8. The Hall–Kier alpha value is -1.37. The highest BCUT2D eigenvalue weighted by atomic mass is 127. The molecule has 2 N–H and O–H groups in total. The minimum absolute atomic E-state index is 0.0892. The second-order valence-electron chi connectivity index (χ2n) is 5.52. The number of sulfone groups is 1. The molecule has 11 heteroatoms. The Bertz CT molecular complexity index is 787. The Morgan fingerprint density at radius 3 is 2.42 bits per heavy atom. The van der Waals surface area contributed by atoms with E-state index in [0.29, 0.717) is 6.42 Å². The Balaban J connectivity index is 3.38. The van der Waals surface area contributed by atoms with Crippen LogP contribution >= 0.6 is 22.6 Å². The van der Waals surface area contributed by atoms with Crippen LogP contribution in [0.1, 0.15) is 33.6 Å². The van der Waals surface area contributed by atoms with E-state index in [2.05, 4.69) is 10.3 Å². The third kappa shape index (κ3) is 5.32. The van der Waals surface area contributed by atoms with Gasteiger partial charge >= 0.3 is 5.92 Å². The summed E-state index contributed by atoms with van der Waals surface area (Å²) in [4.78, 5) is 27.0. The zero-order valence-electron chi connectivity index (χ0n) is 14.5.